The van der Waals surface area contributed by atoms with Gasteiger partial charge in [0.15, 0.2) is 0 Å². The Morgan fingerprint density at radius 2 is 1.56 bits per heavy atom. The predicted octanol–water partition coefficient (Wildman–Crippen LogP) is 5.34. The quantitative estimate of drug-likeness (QED) is 0.357. The van der Waals surface area contributed by atoms with Gasteiger partial charge < -0.3 is 9.88 Å². The number of amides is 3. The van der Waals surface area contributed by atoms with Crippen molar-refractivity contribution < 1.29 is 9.59 Å². The van der Waals surface area contributed by atoms with E-state index >= 15 is 0 Å². The summed E-state index contributed by atoms with van der Waals surface area (Å²) in [7, 11) is 0. The molecule has 1 aliphatic heterocycles. The first-order valence-electron chi connectivity index (χ1n) is 10.6. The van der Waals surface area contributed by atoms with Gasteiger partial charge in [0.2, 0.25) is 0 Å². The fourth-order valence-electron chi connectivity index (χ4n) is 4.28. The second kappa shape index (κ2) is 7.85. The maximum atomic E-state index is 12.9. The second-order valence-corrected chi connectivity index (χ2v) is 8.06. The number of hydrogen-bond acceptors (Lipinski definition) is 2. The molecule has 2 heterocycles. The molecule has 0 bridgehead atoms. The zero-order valence-corrected chi connectivity index (χ0v) is 18.0. The van der Waals surface area contributed by atoms with Gasteiger partial charge in [-0.05, 0) is 60.0 Å². The molecule has 0 aliphatic carbocycles. The Morgan fingerprint density at radius 3 is 2.34 bits per heavy atom. The Hall–Kier alpha value is -4.12. The number of hydrogen-bond donors (Lipinski definition) is 1. The molecule has 0 atom stereocenters. The van der Waals surface area contributed by atoms with Crippen molar-refractivity contribution in [2.45, 2.75) is 20.4 Å². The molecule has 1 saturated heterocycles. The first-order chi connectivity index (χ1) is 15.5. The van der Waals surface area contributed by atoms with Gasteiger partial charge in [-0.1, -0.05) is 60.7 Å². The summed E-state index contributed by atoms with van der Waals surface area (Å²) in [6.07, 6.45) is 1.77. The molecule has 0 spiro atoms. The van der Waals surface area contributed by atoms with Crippen molar-refractivity contribution in [1.82, 2.24) is 14.8 Å². The van der Waals surface area contributed by atoms with E-state index in [1.165, 1.54) is 15.7 Å². The van der Waals surface area contributed by atoms with E-state index in [0.717, 1.165) is 28.2 Å². The topological polar surface area (TPSA) is 54.3 Å². The Labute approximate surface area is 186 Å². The molecule has 1 aromatic heterocycles. The number of fused-ring (bicyclic) bond motifs is 1. The summed E-state index contributed by atoms with van der Waals surface area (Å²) < 4.78 is 2.17. The van der Waals surface area contributed by atoms with Gasteiger partial charge in [-0.3, -0.25) is 9.69 Å². The molecule has 1 fully saturated rings. The van der Waals surface area contributed by atoms with Crippen LogP contribution in [0, 0.1) is 13.8 Å². The van der Waals surface area contributed by atoms with E-state index in [-0.39, 0.29) is 12.5 Å². The van der Waals surface area contributed by atoms with Crippen LogP contribution in [0.5, 0.6) is 0 Å². The normalized spacial score (nSPS) is 15.1. The van der Waals surface area contributed by atoms with Crippen molar-refractivity contribution in [2.75, 3.05) is 0 Å². The molecule has 1 N–H and O–H groups in total. The number of nitrogens with zero attached hydrogens (tertiary/aromatic N) is 2. The summed E-state index contributed by atoms with van der Waals surface area (Å²) in [6.45, 7) is 4.32. The Morgan fingerprint density at radius 1 is 0.844 bits per heavy atom. The first-order valence-corrected chi connectivity index (χ1v) is 10.6. The molecule has 0 saturated carbocycles. The van der Waals surface area contributed by atoms with Crippen LogP contribution in [0.25, 0.3) is 22.5 Å². The van der Waals surface area contributed by atoms with Crippen molar-refractivity contribution in [3.05, 3.63) is 107 Å². The smallest absolute Gasteiger partial charge is 0.318 e. The minimum absolute atomic E-state index is 0.249. The van der Waals surface area contributed by atoms with Crippen LogP contribution < -0.4 is 5.32 Å². The van der Waals surface area contributed by atoms with E-state index in [9.17, 15) is 9.59 Å². The van der Waals surface area contributed by atoms with E-state index in [1.54, 1.807) is 6.08 Å². The number of aromatic nitrogens is 1. The maximum Gasteiger partial charge on any atom is 0.329 e. The molecule has 0 radical (unpaired) electrons. The molecular formula is C27H23N3O2. The Kier molecular flexibility index (Phi) is 4.86. The second-order valence-electron chi connectivity index (χ2n) is 8.06. The van der Waals surface area contributed by atoms with Gasteiger partial charge in [0.1, 0.15) is 5.70 Å². The number of carbonyl (C=O) groups is 2. The van der Waals surface area contributed by atoms with E-state index in [4.69, 9.17) is 0 Å². The highest BCUT2D eigenvalue weighted by molar-refractivity contribution is 6.14. The van der Waals surface area contributed by atoms with Gasteiger partial charge in [0, 0.05) is 17.1 Å². The lowest BCUT2D eigenvalue weighted by atomic mass is 10.1. The molecule has 3 aromatic carbocycles. The molecule has 5 nitrogen and oxygen atoms in total. The molecule has 1 aliphatic rings. The van der Waals surface area contributed by atoms with Crippen LogP contribution in [-0.2, 0) is 11.3 Å². The monoisotopic (exact) mass is 421 g/mol. The number of urea groups is 1. The summed E-state index contributed by atoms with van der Waals surface area (Å²) in [4.78, 5) is 26.6. The molecular weight excluding hydrogens is 398 g/mol. The number of nitrogens with one attached hydrogen (secondary N) is 1. The van der Waals surface area contributed by atoms with Gasteiger partial charge in [-0.2, -0.15) is 0 Å². The minimum atomic E-state index is -0.395. The van der Waals surface area contributed by atoms with E-state index in [0.29, 0.717) is 5.70 Å². The van der Waals surface area contributed by atoms with Crippen LogP contribution in [0.3, 0.4) is 0 Å². The van der Waals surface area contributed by atoms with Crippen LogP contribution in [0.4, 0.5) is 4.79 Å². The Balaban J connectivity index is 1.47. The molecule has 158 valence electrons. The molecule has 5 rings (SSSR count). The third-order valence-corrected chi connectivity index (χ3v) is 5.91. The average Bonchev–Trinajstić information content (AvgIpc) is 3.23. The van der Waals surface area contributed by atoms with Gasteiger partial charge in [-0.25, -0.2) is 4.79 Å². The highest BCUT2D eigenvalue weighted by atomic mass is 16.2. The van der Waals surface area contributed by atoms with Crippen molar-refractivity contribution in [3.8, 4) is 5.69 Å². The SMILES string of the molecule is Cc1cc(C=C2NC(=O)N(Cc3ccccc3)C2=O)c(C)n1-c1ccc2ccccc2c1. The number of aryl methyl sites for hydroxylation is 1. The number of benzene rings is 3. The number of imide groups is 1. The van der Waals surface area contributed by atoms with Crippen LogP contribution in [0.2, 0.25) is 0 Å². The zero-order chi connectivity index (χ0) is 22.2. The van der Waals surface area contributed by atoms with Gasteiger partial charge in [-0.15, -0.1) is 0 Å². The minimum Gasteiger partial charge on any atom is -0.318 e. The fourth-order valence-corrected chi connectivity index (χ4v) is 4.28. The molecule has 4 aromatic rings. The largest absolute Gasteiger partial charge is 0.329 e. The van der Waals surface area contributed by atoms with Crippen LogP contribution in [0.1, 0.15) is 22.5 Å². The number of rotatable bonds is 4. The predicted molar refractivity (Wildman–Crippen MR) is 126 cm³/mol. The fraction of sp³-hybridized carbons (Fsp3) is 0.111. The lowest BCUT2D eigenvalue weighted by molar-refractivity contribution is -0.123. The summed E-state index contributed by atoms with van der Waals surface area (Å²) in [5.74, 6) is -0.311. The maximum absolute atomic E-state index is 12.9. The van der Waals surface area contributed by atoms with E-state index in [1.807, 2.05) is 62.4 Å². The standard InChI is InChI=1S/C27H23N3O2/c1-18-14-23(19(2)30(18)24-13-12-21-10-6-7-11-22(21)15-24)16-25-26(31)29(27(32)28-25)17-20-8-4-3-5-9-20/h3-16H,17H2,1-2H3,(H,28,32). The van der Waals surface area contributed by atoms with Crippen LogP contribution in [0.15, 0.2) is 84.6 Å². The Bertz CT molecular complexity index is 1380. The zero-order valence-electron chi connectivity index (χ0n) is 18.0. The third-order valence-electron chi connectivity index (χ3n) is 5.91. The lowest BCUT2D eigenvalue weighted by Gasteiger charge is -2.11. The van der Waals surface area contributed by atoms with E-state index < -0.39 is 6.03 Å². The van der Waals surface area contributed by atoms with Crippen LogP contribution in [-0.4, -0.2) is 21.4 Å². The molecule has 32 heavy (non-hydrogen) atoms. The van der Waals surface area contributed by atoms with Crippen LogP contribution >= 0.6 is 0 Å². The molecule has 0 unspecified atom stereocenters. The molecule has 3 amide bonds. The van der Waals surface area contributed by atoms with Gasteiger partial charge >= 0.3 is 6.03 Å². The van der Waals surface area contributed by atoms with Gasteiger partial charge in [0.25, 0.3) is 5.91 Å². The highest BCUT2D eigenvalue weighted by Crippen LogP contribution is 2.26. The number of carbonyl (C=O) groups excluding carboxylic acids is 2. The van der Waals surface area contributed by atoms with Crippen molar-refractivity contribution >= 4 is 28.8 Å². The summed E-state index contributed by atoms with van der Waals surface area (Å²) in [5, 5.41) is 5.10. The molecule has 5 heteroatoms. The van der Waals surface area contributed by atoms with Crippen molar-refractivity contribution in [1.29, 1.82) is 0 Å². The average molecular weight is 422 g/mol. The van der Waals surface area contributed by atoms with E-state index in [2.05, 4.69) is 40.2 Å². The highest BCUT2D eigenvalue weighted by Gasteiger charge is 2.33. The summed E-state index contributed by atoms with van der Waals surface area (Å²) in [5.41, 5.74) is 5.24. The summed E-state index contributed by atoms with van der Waals surface area (Å²) >= 11 is 0. The lowest BCUT2D eigenvalue weighted by Crippen LogP contribution is -2.30. The third kappa shape index (κ3) is 3.48. The van der Waals surface area contributed by atoms with Crippen molar-refractivity contribution in [2.24, 2.45) is 0 Å². The first kappa shape index (κ1) is 19.8. The van der Waals surface area contributed by atoms with Crippen molar-refractivity contribution in [3.63, 3.8) is 0 Å². The van der Waals surface area contributed by atoms with Gasteiger partial charge in [0.05, 0.1) is 6.54 Å². The summed E-state index contributed by atoms with van der Waals surface area (Å²) in [6, 6.07) is 25.8.